The highest BCUT2D eigenvalue weighted by atomic mass is 15.4. The molecule has 6 aromatic carbocycles. The van der Waals surface area contributed by atoms with Gasteiger partial charge in [-0.1, -0.05) is 83.8 Å². The van der Waals surface area contributed by atoms with Crippen LogP contribution in [0, 0.1) is 58.2 Å². The summed E-state index contributed by atoms with van der Waals surface area (Å²) >= 11 is 0. The predicted molar refractivity (Wildman–Crippen MR) is 372 cm³/mol. The van der Waals surface area contributed by atoms with Crippen LogP contribution in [-0.2, 0) is 51.4 Å². The zero-order chi connectivity index (χ0) is 64.9. The zero-order valence-corrected chi connectivity index (χ0v) is 52.0. The van der Waals surface area contributed by atoms with Gasteiger partial charge in [0.2, 0.25) is 5.96 Å². The minimum atomic E-state index is 0.0706. The van der Waals surface area contributed by atoms with Gasteiger partial charge in [0, 0.05) is 96.9 Å². The van der Waals surface area contributed by atoms with Crippen molar-refractivity contribution in [1.29, 1.82) is 10.8 Å². The molecule has 0 amide bonds. The van der Waals surface area contributed by atoms with Gasteiger partial charge in [0.25, 0.3) is 0 Å². The van der Waals surface area contributed by atoms with E-state index in [4.69, 9.17) is 68.2 Å². The number of guanidine groups is 2. The van der Waals surface area contributed by atoms with Gasteiger partial charge in [-0.05, 0) is 226 Å². The monoisotopic (exact) mass is 1200 g/mol. The van der Waals surface area contributed by atoms with Crippen molar-refractivity contribution in [1.82, 2.24) is 15.1 Å². The van der Waals surface area contributed by atoms with Crippen LogP contribution in [0.5, 0.6) is 0 Å². The highest BCUT2D eigenvalue weighted by Crippen LogP contribution is 2.18. The molecular weight excluding hydrogens is 1120 g/mol. The van der Waals surface area contributed by atoms with Crippen molar-refractivity contribution in [2.24, 2.45) is 72.3 Å². The minimum Gasteiger partial charge on any atom is -0.388 e. The molecule has 0 atom stereocenters. The molecule has 0 fully saturated rings. The highest BCUT2D eigenvalue weighted by Gasteiger charge is 2.07. The van der Waals surface area contributed by atoms with Crippen LogP contribution in [0.4, 0.5) is 0 Å². The van der Waals surface area contributed by atoms with E-state index in [0.717, 1.165) is 124 Å². The molecule has 0 unspecified atom stereocenters. The first kappa shape index (κ1) is 70.3. The molecule has 0 saturated carbocycles. The van der Waals surface area contributed by atoms with E-state index in [1.165, 1.54) is 22.3 Å². The molecule has 0 bridgehead atoms. The lowest BCUT2D eigenvalue weighted by atomic mass is 9.99. The number of hydrogen-bond donors (Lipinski definition) is 13. The van der Waals surface area contributed by atoms with Crippen molar-refractivity contribution in [3.63, 3.8) is 0 Å². The van der Waals surface area contributed by atoms with Crippen molar-refractivity contribution in [2.75, 3.05) is 53.4 Å². The fraction of sp³-hybridized carbons (Fsp3) is 0.278. The van der Waals surface area contributed by atoms with E-state index in [2.05, 4.69) is 146 Å². The smallest absolute Gasteiger partial charge is 0.218 e. The maximum Gasteiger partial charge on any atom is 0.218 e. The molecule has 1 aromatic heterocycles. The Kier molecular flexibility index (Phi) is 30.8. The molecular formula is C72H88N18. The van der Waals surface area contributed by atoms with E-state index in [-0.39, 0.29) is 23.6 Å². The van der Waals surface area contributed by atoms with E-state index in [0.29, 0.717) is 65.0 Å². The first-order valence-corrected chi connectivity index (χ1v) is 30.1. The van der Waals surface area contributed by atoms with Crippen LogP contribution in [-0.4, -0.2) is 92.7 Å². The second-order valence-electron chi connectivity index (χ2n) is 21.1. The lowest BCUT2D eigenvalue weighted by molar-refractivity contribution is 0.852. The summed E-state index contributed by atoms with van der Waals surface area (Å²) in [6.45, 7) is 3.44. The van der Waals surface area contributed by atoms with E-state index < -0.39 is 0 Å². The van der Waals surface area contributed by atoms with Crippen molar-refractivity contribution >= 4 is 29.5 Å². The minimum absolute atomic E-state index is 0.0706. The second-order valence-corrected chi connectivity index (χ2v) is 21.1. The summed E-state index contributed by atoms with van der Waals surface area (Å²) in [6.07, 6.45) is 12.5. The topological polar surface area (TPSA) is 375 Å². The van der Waals surface area contributed by atoms with Crippen LogP contribution in [0.2, 0.25) is 0 Å². The van der Waals surface area contributed by atoms with E-state index >= 15 is 0 Å². The number of amidine groups is 2. The van der Waals surface area contributed by atoms with Crippen LogP contribution in [0.25, 0.3) is 0 Å². The molecule has 7 aromatic rings. The van der Waals surface area contributed by atoms with Gasteiger partial charge in [-0.15, -0.1) is 0 Å². The molecule has 0 spiro atoms. The molecule has 1 heterocycles. The van der Waals surface area contributed by atoms with Crippen LogP contribution in [0.1, 0.15) is 115 Å². The van der Waals surface area contributed by atoms with Crippen LogP contribution < -0.4 is 62.7 Å². The maximum absolute atomic E-state index is 7.51. The summed E-state index contributed by atoms with van der Waals surface area (Å²) in [5.41, 5.74) is 72.6. The second kappa shape index (κ2) is 39.4. The third-order valence-electron chi connectivity index (χ3n) is 13.4. The predicted octanol–water partition coefficient (Wildman–Crippen LogP) is 5.06. The molecule has 0 saturated heterocycles. The molecule has 0 aliphatic rings. The first-order valence-electron chi connectivity index (χ1n) is 30.1. The zero-order valence-electron chi connectivity index (χ0n) is 52.0. The lowest BCUT2D eigenvalue weighted by Crippen LogP contribution is -2.26. The Bertz CT molecular complexity index is 3560. The number of nitrogens with zero attached hydrogens (tertiary/aromatic N) is 5. The fourth-order valence-electron chi connectivity index (χ4n) is 9.40. The van der Waals surface area contributed by atoms with E-state index in [1.807, 2.05) is 67.8 Å². The summed E-state index contributed by atoms with van der Waals surface area (Å²) in [6, 6.07) is 43.0. The van der Waals surface area contributed by atoms with Gasteiger partial charge in [0.1, 0.15) is 0 Å². The van der Waals surface area contributed by atoms with Gasteiger partial charge < -0.3 is 62.7 Å². The number of nitrogens with one attached hydrogen (secondary N) is 3. The molecule has 18 nitrogen and oxygen atoms in total. The van der Waals surface area contributed by atoms with Gasteiger partial charge in [0.05, 0.1) is 11.7 Å². The lowest BCUT2D eigenvalue weighted by Gasteiger charge is -2.07. The number of hydrogen-bond acceptors (Lipinski definition) is 10. The summed E-state index contributed by atoms with van der Waals surface area (Å²) in [5.74, 6) is 27.6. The SMILES string of the molecule is CN=C(NC)n1cccn1.N=C(N)CCCc1cc(C#Cc2cccc(C#Cc3cc(CCCC(=N)N)cc(CCN=C(N)N)c3)c2)cc(CCN=C(N)N)c1.NCCc1cc(C#Cc2cccc(C#Cc3cc(CCN)cc(CCN)c3)c2)cc(CCN)c1. The van der Waals surface area contributed by atoms with Crippen molar-refractivity contribution in [3.05, 3.63) is 229 Å². The van der Waals surface area contributed by atoms with Gasteiger partial charge in [-0.2, -0.15) is 5.10 Å². The van der Waals surface area contributed by atoms with Crippen molar-refractivity contribution in [3.8, 4) is 47.4 Å². The van der Waals surface area contributed by atoms with Gasteiger partial charge >= 0.3 is 0 Å². The number of rotatable bonds is 22. The molecule has 0 aliphatic carbocycles. The van der Waals surface area contributed by atoms with Gasteiger partial charge in [-0.3, -0.25) is 25.8 Å². The van der Waals surface area contributed by atoms with Gasteiger partial charge in [-0.25, -0.2) is 4.68 Å². The number of aryl methyl sites for hydroxylation is 2. The molecule has 466 valence electrons. The molecule has 90 heavy (non-hydrogen) atoms. The van der Waals surface area contributed by atoms with Crippen LogP contribution in [0.15, 0.2) is 155 Å². The molecule has 7 rings (SSSR count). The molecule has 0 aliphatic heterocycles. The quantitative estimate of drug-likeness (QED) is 0.0241. The average Bonchev–Trinajstić information content (AvgIpc) is 3.82. The number of aromatic nitrogens is 2. The Morgan fingerprint density at radius 2 is 0.722 bits per heavy atom. The largest absolute Gasteiger partial charge is 0.388 e. The standard InChI is InChI=1S/C36H44N10.C30H34N4.C6H10N4/c37-33(38)8-2-6-27-19-29(23-31(21-27)14-16-45-35(41)42)12-10-25-4-1-5-26(18-25)11-13-30-20-28(7-3-9-34(39)40)22-32(24-30)15-17-46-36(43)44;31-12-8-27-17-25(18-28(21-27)9-13-32)6-4-23-2-1-3-24(16-23)5-7-26-19-29(10-14-33)22-30(20-26)11-15-34;1-7-6(8-2)10-5-3-4-9-10/h1,4-5,18-24H,2-3,6-9,14-17H2,(H3,37,38)(H3,39,40)(H4,41,42,45)(H4,43,44,46);1-3,16-22H,8-15,31-34H2;3-5H,1-2H3,(H,7,8). The number of nitrogens with two attached hydrogens (primary N) is 10. The summed E-state index contributed by atoms with van der Waals surface area (Å²) < 4.78 is 1.67. The van der Waals surface area contributed by atoms with Crippen molar-refractivity contribution in [2.45, 2.75) is 77.0 Å². The third-order valence-corrected chi connectivity index (χ3v) is 13.4. The Hall–Kier alpha value is -10.4. The Balaban J connectivity index is 0.000000291. The number of benzene rings is 6. The third kappa shape index (κ3) is 27.5. The van der Waals surface area contributed by atoms with Gasteiger partial charge in [0.15, 0.2) is 11.9 Å². The molecule has 23 N–H and O–H groups in total. The maximum atomic E-state index is 7.51. The Labute approximate surface area is 531 Å². The normalized spacial score (nSPS) is 10.3. The van der Waals surface area contributed by atoms with Crippen LogP contribution in [0.3, 0.4) is 0 Å². The molecule has 18 heteroatoms. The summed E-state index contributed by atoms with van der Waals surface area (Å²) in [5, 5.41) is 21.9. The highest BCUT2D eigenvalue weighted by molar-refractivity contribution is 5.81. The van der Waals surface area contributed by atoms with Crippen LogP contribution >= 0.6 is 0 Å². The van der Waals surface area contributed by atoms with E-state index in [1.54, 1.807) is 17.9 Å². The Morgan fingerprint density at radius 1 is 0.422 bits per heavy atom. The van der Waals surface area contributed by atoms with Crippen molar-refractivity contribution < 1.29 is 0 Å². The van der Waals surface area contributed by atoms with E-state index in [9.17, 15) is 0 Å². The summed E-state index contributed by atoms with van der Waals surface area (Å²) in [7, 11) is 3.53. The number of aliphatic imine (C=N–C) groups is 3. The molecule has 0 radical (unpaired) electrons. The Morgan fingerprint density at radius 3 is 0.978 bits per heavy atom. The fourth-order valence-corrected chi connectivity index (χ4v) is 9.40. The summed E-state index contributed by atoms with van der Waals surface area (Å²) in [4.78, 5) is 12.2. The first-order chi connectivity index (χ1) is 43.6. The average molecular weight is 1210 g/mol.